The Morgan fingerprint density at radius 1 is 0.865 bits per heavy atom. The van der Waals surface area contributed by atoms with Crippen LogP contribution in [0.15, 0.2) is 83.7 Å². The first-order chi connectivity index (χ1) is 17.9. The molecule has 0 saturated heterocycles. The predicted octanol–water partition coefficient (Wildman–Crippen LogP) is 5.15. The highest BCUT2D eigenvalue weighted by atomic mass is 16.2. The number of nitrogen functional groups attached to an aromatic ring is 1. The summed E-state index contributed by atoms with van der Waals surface area (Å²) in [5, 5.41) is 3.70. The van der Waals surface area contributed by atoms with Gasteiger partial charge in [-0.15, -0.1) is 0 Å². The predicted molar refractivity (Wildman–Crippen MR) is 150 cm³/mol. The van der Waals surface area contributed by atoms with E-state index in [1.165, 1.54) is 4.90 Å². The molecule has 7 nitrogen and oxygen atoms in total. The number of anilines is 2. The van der Waals surface area contributed by atoms with E-state index in [1.807, 2.05) is 66.7 Å². The summed E-state index contributed by atoms with van der Waals surface area (Å²) in [4.78, 5) is 40.8. The average Bonchev–Trinajstić information content (AvgIpc) is 2.90. The molecule has 7 heteroatoms. The molecule has 4 rings (SSSR count). The molecule has 0 spiro atoms. The molecule has 1 heterocycles. The monoisotopic (exact) mass is 496 g/mol. The van der Waals surface area contributed by atoms with Crippen molar-refractivity contribution in [1.82, 2.24) is 9.47 Å². The van der Waals surface area contributed by atoms with Crippen LogP contribution < -0.4 is 16.6 Å². The smallest absolute Gasteiger partial charge is 0.264 e. The van der Waals surface area contributed by atoms with Crippen molar-refractivity contribution in [2.24, 2.45) is 0 Å². The van der Waals surface area contributed by atoms with E-state index >= 15 is 0 Å². The minimum absolute atomic E-state index is 0.0911. The van der Waals surface area contributed by atoms with Crippen molar-refractivity contribution in [2.75, 3.05) is 25.1 Å². The summed E-state index contributed by atoms with van der Waals surface area (Å²) in [6.07, 6.45) is 2.50. The van der Waals surface area contributed by atoms with Crippen LogP contribution in [0.4, 0.5) is 11.4 Å². The summed E-state index contributed by atoms with van der Waals surface area (Å²) in [6.45, 7) is 0.454. The number of para-hydroxylation sites is 3. The molecule has 0 aliphatic rings. The number of unbranched alkanes of at least 4 members (excludes halogenated alkanes) is 2. The zero-order valence-corrected chi connectivity index (χ0v) is 21.2. The summed E-state index contributed by atoms with van der Waals surface area (Å²) in [5.74, 6) is -0.410. The number of pyridine rings is 1. The van der Waals surface area contributed by atoms with Crippen molar-refractivity contribution in [3.05, 3.63) is 94.8 Å². The Balaban J connectivity index is 1.56. The van der Waals surface area contributed by atoms with Crippen molar-refractivity contribution in [2.45, 2.75) is 32.2 Å². The van der Waals surface area contributed by atoms with Gasteiger partial charge in [0, 0.05) is 38.0 Å². The number of hydrogen-bond donors (Lipinski definition) is 2. The van der Waals surface area contributed by atoms with E-state index in [0.29, 0.717) is 42.7 Å². The van der Waals surface area contributed by atoms with Crippen molar-refractivity contribution < 1.29 is 9.59 Å². The van der Waals surface area contributed by atoms with Gasteiger partial charge in [-0.2, -0.15) is 0 Å². The van der Waals surface area contributed by atoms with Crippen LogP contribution in [0.1, 0.15) is 36.0 Å². The van der Waals surface area contributed by atoms with E-state index in [4.69, 9.17) is 5.73 Å². The molecule has 3 N–H and O–H groups in total. The number of amides is 2. The highest BCUT2D eigenvalue weighted by molar-refractivity contribution is 6.08. The number of carbonyl (C=O) groups excluding carboxylic acids is 2. The number of benzene rings is 3. The summed E-state index contributed by atoms with van der Waals surface area (Å²) in [6, 6.07) is 24.4. The summed E-state index contributed by atoms with van der Waals surface area (Å²) in [5.41, 5.74) is 9.20. The molecule has 4 aromatic rings. The highest BCUT2D eigenvalue weighted by Crippen LogP contribution is 2.31. The molecule has 0 unspecified atom stereocenters. The van der Waals surface area contributed by atoms with Gasteiger partial charge in [-0.25, -0.2) is 0 Å². The summed E-state index contributed by atoms with van der Waals surface area (Å²) < 4.78 is 1.70. The standard InChI is InChI=1S/C30H32N4O3/c1-33(2)29(36)28-27(21-13-5-3-6-14-21)22-15-8-11-18-25(22)34(30(28)37)20-12-4-7-19-26(35)32-24-17-10-9-16-23(24)31/h3,5-6,8-11,13-18H,4,7,12,19-20,31H2,1-2H3,(H,32,35). The fourth-order valence-corrected chi connectivity index (χ4v) is 4.51. The van der Waals surface area contributed by atoms with Gasteiger partial charge in [0.25, 0.3) is 11.5 Å². The molecule has 0 atom stereocenters. The topological polar surface area (TPSA) is 97.4 Å². The van der Waals surface area contributed by atoms with Crippen LogP contribution in [0.3, 0.4) is 0 Å². The van der Waals surface area contributed by atoms with Gasteiger partial charge in [0.2, 0.25) is 5.91 Å². The van der Waals surface area contributed by atoms with Gasteiger partial charge in [-0.05, 0) is 36.6 Å². The molecule has 3 aromatic carbocycles. The fraction of sp³-hybridized carbons (Fsp3) is 0.233. The van der Waals surface area contributed by atoms with Crippen molar-refractivity contribution in [3.63, 3.8) is 0 Å². The number of rotatable bonds is 9. The Kier molecular flexibility index (Phi) is 8.03. The van der Waals surface area contributed by atoms with Gasteiger partial charge < -0.3 is 20.5 Å². The number of nitrogens with zero attached hydrogens (tertiary/aromatic N) is 2. The van der Waals surface area contributed by atoms with Crippen LogP contribution in [0, 0.1) is 0 Å². The number of nitrogens with two attached hydrogens (primary N) is 1. The van der Waals surface area contributed by atoms with Crippen LogP contribution in [-0.4, -0.2) is 35.4 Å². The molecule has 0 aliphatic heterocycles. The van der Waals surface area contributed by atoms with Gasteiger partial charge in [-0.1, -0.05) is 67.1 Å². The third kappa shape index (κ3) is 5.72. The number of aromatic nitrogens is 1. The maximum absolute atomic E-state index is 13.8. The van der Waals surface area contributed by atoms with E-state index < -0.39 is 0 Å². The van der Waals surface area contributed by atoms with Crippen molar-refractivity contribution in [3.8, 4) is 11.1 Å². The van der Waals surface area contributed by atoms with Crippen molar-refractivity contribution in [1.29, 1.82) is 0 Å². The lowest BCUT2D eigenvalue weighted by Gasteiger charge is -2.20. The van der Waals surface area contributed by atoms with E-state index in [2.05, 4.69) is 5.32 Å². The second-order valence-electron chi connectivity index (χ2n) is 9.24. The highest BCUT2D eigenvalue weighted by Gasteiger charge is 2.24. The second kappa shape index (κ2) is 11.6. The first kappa shape index (κ1) is 25.7. The third-order valence-corrected chi connectivity index (χ3v) is 6.38. The van der Waals surface area contributed by atoms with Crippen LogP contribution in [0.25, 0.3) is 22.0 Å². The van der Waals surface area contributed by atoms with Gasteiger partial charge in [0.1, 0.15) is 5.56 Å². The van der Waals surface area contributed by atoms with Crippen molar-refractivity contribution >= 4 is 34.1 Å². The molecule has 2 amide bonds. The second-order valence-corrected chi connectivity index (χ2v) is 9.24. The lowest BCUT2D eigenvalue weighted by Crippen LogP contribution is -2.34. The average molecular weight is 497 g/mol. The Morgan fingerprint density at radius 2 is 1.54 bits per heavy atom. The zero-order valence-electron chi connectivity index (χ0n) is 21.2. The maximum atomic E-state index is 13.8. The molecule has 37 heavy (non-hydrogen) atoms. The van der Waals surface area contributed by atoms with Crippen LogP contribution in [-0.2, 0) is 11.3 Å². The molecule has 1 aromatic heterocycles. The normalized spacial score (nSPS) is 10.9. The van der Waals surface area contributed by atoms with E-state index in [0.717, 1.165) is 22.9 Å². The summed E-state index contributed by atoms with van der Waals surface area (Å²) in [7, 11) is 3.31. The first-order valence-corrected chi connectivity index (χ1v) is 12.5. The molecular weight excluding hydrogens is 464 g/mol. The Bertz CT molecular complexity index is 1480. The molecule has 0 saturated carbocycles. The van der Waals surface area contributed by atoms with Crippen LogP contribution in [0.5, 0.6) is 0 Å². The van der Waals surface area contributed by atoms with E-state index in [-0.39, 0.29) is 22.9 Å². The lowest BCUT2D eigenvalue weighted by molar-refractivity contribution is -0.116. The number of fused-ring (bicyclic) bond motifs is 1. The van der Waals surface area contributed by atoms with Gasteiger partial charge in [0.05, 0.1) is 16.9 Å². The lowest BCUT2D eigenvalue weighted by atomic mass is 9.95. The number of hydrogen-bond acceptors (Lipinski definition) is 4. The minimum Gasteiger partial charge on any atom is -0.397 e. The van der Waals surface area contributed by atoms with Crippen LogP contribution in [0.2, 0.25) is 0 Å². The van der Waals surface area contributed by atoms with Crippen LogP contribution >= 0.6 is 0 Å². The SMILES string of the molecule is CN(C)C(=O)c1c(-c2ccccc2)c2ccccc2n(CCCCCC(=O)Nc2ccccc2N)c1=O. The Morgan fingerprint density at radius 3 is 2.27 bits per heavy atom. The third-order valence-electron chi connectivity index (χ3n) is 6.38. The molecular formula is C30H32N4O3. The number of carbonyl (C=O) groups is 2. The van der Waals surface area contributed by atoms with Gasteiger partial charge in [0.15, 0.2) is 0 Å². The number of aryl methyl sites for hydroxylation is 1. The Hall–Kier alpha value is -4.39. The maximum Gasteiger partial charge on any atom is 0.264 e. The first-order valence-electron chi connectivity index (χ1n) is 12.5. The molecule has 0 fully saturated rings. The number of nitrogens with one attached hydrogen (secondary N) is 1. The largest absolute Gasteiger partial charge is 0.397 e. The minimum atomic E-state index is -0.319. The van der Waals surface area contributed by atoms with Gasteiger partial charge in [-0.3, -0.25) is 14.4 Å². The molecule has 190 valence electrons. The Labute approximate surface area is 216 Å². The quantitative estimate of drug-likeness (QED) is 0.247. The fourth-order valence-electron chi connectivity index (χ4n) is 4.51. The summed E-state index contributed by atoms with van der Waals surface area (Å²) >= 11 is 0. The van der Waals surface area contributed by atoms with E-state index in [9.17, 15) is 14.4 Å². The molecule has 0 radical (unpaired) electrons. The van der Waals surface area contributed by atoms with E-state index in [1.54, 1.807) is 30.8 Å². The molecule has 0 bridgehead atoms. The van der Waals surface area contributed by atoms with Gasteiger partial charge >= 0.3 is 0 Å². The zero-order chi connectivity index (χ0) is 26.4. The molecule has 0 aliphatic carbocycles.